The maximum absolute atomic E-state index is 11.7. The highest BCUT2D eigenvalue weighted by molar-refractivity contribution is 7.89. The van der Waals surface area contributed by atoms with Gasteiger partial charge in [-0.2, -0.15) is 0 Å². The molecule has 0 atom stereocenters. The van der Waals surface area contributed by atoms with Gasteiger partial charge in [0.15, 0.2) is 0 Å². The van der Waals surface area contributed by atoms with Crippen molar-refractivity contribution in [2.45, 2.75) is 32.1 Å². The molecule has 1 rings (SSSR count). The Morgan fingerprint density at radius 2 is 1.75 bits per heavy atom. The van der Waals surface area contributed by atoms with E-state index < -0.39 is 10.0 Å². The molecule has 0 unspecified atom stereocenters. The van der Waals surface area contributed by atoms with E-state index >= 15 is 0 Å². The van der Waals surface area contributed by atoms with Crippen molar-refractivity contribution in [3.05, 3.63) is 29.8 Å². The fourth-order valence-electron chi connectivity index (χ4n) is 1.55. The van der Waals surface area contributed by atoms with E-state index in [0.717, 1.165) is 6.42 Å². The van der Waals surface area contributed by atoms with E-state index in [1.807, 2.05) is 12.1 Å². The number of sulfonamides is 1. The third-order valence-corrected chi connectivity index (χ3v) is 3.77. The van der Waals surface area contributed by atoms with Crippen LogP contribution in [-0.2, 0) is 16.4 Å². The van der Waals surface area contributed by atoms with Gasteiger partial charge in [0.25, 0.3) is 0 Å². The zero-order chi connectivity index (χ0) is 12.2. The second kappa shape index (κ2) is 5.46. The molecule has 1 aromatic carbocycles. The molecule has 1 aromatic rings. The van der Waals surface area contributed by atoms with Crippen LogP contribution in [0.4, 0.5) is 0 Å². The monoisotopic (exact) mass is 241 g/mol. The smallest absolute Gasteiger partial charge is 0.211 e. The second-order valence-electron chi connectivity index (χ2n) is 4.24. The van der Waals surface area contributed by atoms with E-state index in [1.165, 1.54) is 5.56 Å². The van der Waals surface area contributed by atoms with Gasteiger partial charge in [-0.3, -0.25) is 0 Å². The molecule has 0 aliphatic carbocycles. The van der Waals surface area contributed by atoms with Gasteiger partial charge in [-0.1, -0.05) is 32.9 Å². The standard InChI is InChI=1S/C12H19NO2S/c1-4-13-16(14,15)12-7-5-11(6-8-12)9-10(2)3/h5-8,10,13H,4,9H2,1-3H3. The number of hydrogen-bond donors (Lipinski definition) is 1. The Morgan fingerprint density at radius 1 is 1.19 bits per heavy atom. The van der Waals surface area contributed by atoms with Crippen LogP contribution in [0.15, 0.2) is 29.2 Å². The van der Waals surface area contributed by atoms with E-state index in [2.05, 4.69) is 18.6 Å². The first-order valence-electron chi connectivity index (χ1n) is 5.54. The number of nitrogens with one attached hydrogen (secondary N) is 1. The first-order valence-corrected chi connectivity index (χ1v) is 7.02. The lowest BCUT2D eigenvalue weighted by molar-refractivity contribution is 0.584. The Bertz CT molecular complexity index is 421. The van der Waals surface area contributed by atoms with Crippen LogP contribution < -0.4 is 4.72 Å². The van der Waals surface area contributed by atoms with Crippen LogP contribution >= 0.6 is 0 Å². The van der Waals surface area contributed by atoms with Gasteiger partial charge in [0.05, 0.1) is 4.90 Å². The second-order valence-corrected chi connectivity index (χ2v) is 6.01. The summed E-state index contributed by atoms with van der Waals surface area (Å²) in [6.07, 6.45) is 0.974. The van der Waals surface area contributed by atoms with Crippen molar-refractivity contribution >= 4 is 10.0 Å². The largest absolute Gasteiger partial charge is 0.240 e. The molecular weight excluding hydrogens is 222 g/mol. The first kappa shape index (κ1) is 13.2. The average molecular weight is 241 g/mol. The van der Waals surface area contributed by atoms with Crippen LogP contribution in [0.3, 0.4) is 0 Å². The first-order chi connectivity index (χ1) is 7.45. The third kappa shape index (κ3) is 3.61. The van der Waals surface area contributed by atoms with Crippen molar-refractivity contribution in [1.82, 2.24) is 4.72 Å². The molecule has 0 aromatic heterocycles. The van der Waals surface area contributed by atoms with E-state index in [0.29, 0.717) is 17.4 Å². The quantitative estimate of drug-likeness (QED) is 0.859. The molecule has 0 saturated carbocycles. The molecule has 0 heterocycles. The summed E-state index contributed by atoms with van der Waals surface area (Å²) < 4.78 is 25.8. The fraction of sp³-hybridized carbons (Fsp3) is 0.500. The Morgan fingerprint density at radius 3 is 2.19 bits per heavy atom. The predicted molar refractivity (Wildman–Crippen MR) is 65.8 cm³/mol. The van der Waals surface area contributed by atoms with Crippen LogP contribution in [0, 0.1) is 5.92 Å². The Labute approximate surface area is 97.9 Å². The maximum atomic E-state index is 11.7. The van der Waals surface area contributed by atoms with Crippen LogP contribution in [0.5, 0.6) is 0 Å². The summed E-state index contributed by atoms with van der Waals surface area (Å²) in [5.41, 5.74) is 1.17. The molecule has 90 valence electrons. The Balaban J connectivity index is 2.87. The zero-order valence-corrected chi connectivity index (χ0v) is 10.8. The highest BCUT2D eigenvalue weighted by atomic mass is 32.2. The summed E-state index contributed by atoms with van der Waals surface area (Å²) in [7, 11) is -3.31. The average Bonchev–Trinajstić information content (AvgIpc) is 2.17. The van der Waals surface area contributed by atoms with Crippen molar-refractivity contribution in [3.63, 3.8) is 0 Å². The summed E-state index contributed by atoms with van der Waals surface area (Å²) in [4.78, 5) is 0.335. The predicted octanol–water partition coefficient (Wildman–Crippen LogP) is 2.18. The lowest BCUT2D eigenvalue weighted by Crippen LogP contribution is -2.23. The lowest BCUT2D eigenvalue weighted by Gasteiger charge is -2.07. The summed E-state index contributed by atoms with van der Waals surface area (Å²) in [6, 6.07) is 7.08. The molecule has 0 aliphatic rings. The molecule has 4 heteroatoms. The van der Waals surface area contributed by atoms with Gasteiger partial charge in [0, 0.05) is 6.54 Å². The fourth-order valence-corrected chi connectivity index (χ4v) is 2.59. The molecule has 0 fully saturated rings. The van der Waals surface area contributed by atoms with E-state index in [1.54, 1.807) is 19.1 Å². The van der Waals surface area contributed by atoms with Gasteiger partial charge >= 0.3 is 0 Å². The summed E-state index contributed by atoms with van der Waals surface area (Å²) >= 11 is 0. The molecule has 3 nitrogen and oxygen atoms in total. The van der Waals surface area contributed by atoms with E-state index in [-0.39, 0.29) is 0 Å². The van der Waals surface area contributed by atoms with Gasteiger partial charge in [0.1, 0.15) is 0 Å². The minimum absolute atomic E-state index is 0.335. The molecule has 0 bridgehead atoms. The van der Waals surface area contributed by atoms with Crippen molar-refractivity contribution < 1.29 is 8.42 Å². The van der Waals surface area contributed by atoms with Gasteiger partial charge in [-0.25, -0.2) is 13.1 Å². The van der Waals surface area contributed by atoms with Gasteiger partial charge in [0.2, 0.25) is 10.0 Å². The van der Waals surface area contributed by atoms with Gasteiger partial charge in [-0.15, -0.1) is 0 Å². The number of hydrogen-bond acceptors (Lipinski definition) is 2. The number of rotatable bonds is 5. The summed E-state index contributed by atoms with van der Waals surface area (Å²) in [6.45, 7) is 6.47. The molecule has 0 spiro atoms. The van der Waals surface area contributed by atoms with Crippen LogP contribution in [0.25, 0.3) is 0 Å². The maximum Gasteiger partial charge on any atom is 0.240 e. The normalized spacial score (nSPS) is 12.0. The summed E-state index contributed by atoms with van der Waals surface area (Å²) in [5.74, 6) is 0.580. The molecular formula is C12H19NO2S. The molecule has 0 saturated heterocycles. The highest BCUT2D eigenvalue weighted by Crippen LogP contribution is 2.13. The topological polar surface area (TPSA) is 46.2 Å². The van der Waals surface area contributed by atoms with E-state index in [4.69, 9.17) is 0 Å². The Kier molecular flexibility index (Phi) is 4.50. The molecule has 0 radical (unpaired) electrons. The molecule has 1 N–H and O–H groups in total. The van der Waals surface area contributed by atoms with Crippen LogP contribution in [0.2, 0.25) is 0 Å². The Hall–Kier alpha value is -0.870. The van der Waals surface area contributed by atoms with Crippen molar-refractivity contribution in [1.29, 1.82) is 0 Å². The minimum Gasteiger partial charge on any atom is -0.211 e. The minimum atomic E-state index is -3.31. The zero-order valence-electron chi connectivity index (χ0n) is 10.0. The highest BCUT2D eigenvalue weighted by Gasteiger charge is 2.11. The molecule has 16 heavy (non-hydrogen) atoms. The van der Waals surface area contributed by atoms with E-state index in [9.17, 15) is 8.42 Å². The summed E-state index contributed by atoms with van der Waals surface area (Å²) in [5, 5.41) is 0. The molecule has 0 aliphatic heterocycles. The van der Waals surface area contributed by atoms with Gasteiger partial charge in [-0.05, 0) is 30.0 Å². The van der Waals surface area contributed by atoms with Crippen molar-refractivity contribution in [2.75, 3.05) is 6.54 Å². The van der Waals surface area contributed by atoms with Crippen molar-refractivity contribution in [2.24, 2.45) is 5.92 Å². The van der Waals surface area contributed by atoms with Crippen LogP contribution in [-0.4, -0.2) is 15.0 Å². The van der Waals surface area contributed by atoms with Crippen molar-refractivity contribution in [3.8, 4) is 0 Å². The lowest BCUT2D eigenvalue weighted by atomic mass is 10.0. The SMILES string of the molecule is CCNS(=O)(=O)c1ccc(CC(C)C)cc1. The van der Waals surface area contributed by atoms with Crippen LogP contribution in [0.1, 0.15) is 26.3 Å². The third-order valence-electron chi connectivity index (χ3n) is 2.21. The van der Waals surface area contributed by atoms with Gasteiger partial charge < -0.3 is 0 Å². The molecule has 0 amide bonds. The number of benzene rings is 1.